The third-order valence-corrected chi connectivity index (χ3v) is 7.12. The number of hydrogen-bond donors (Lipinski definition) is 4. The highest BCUT2D eigenvalue weighted by Crippen LogP contribution is 2.33. The van der Waals surface area contributed by atoms with E-state index in [1.54, 1.807) is 11.4 Å². The van der Waals surface area contributed by atoms with Gasteiger partial charge < -0.3 is 26.4 Å². The number of rotatable bonds is 8. The van der Waals surface area contributed by atoms with Crippen molar-refractivity contribution >= 4 is 56.5 Å². The SMILES string of the molecule is C=C(Nc1ccccc1N1CCC(C(=C)N)CC1)c1csc(Nc2ccsc2C(=O)O)n1. The molecule has 0 amide bonds. The van der Waals surface area contributed by atoms with Gasteiger partial charge in [0.05, 0.1) is 28.5 Å². The third kappa shape index (κ3) is 4.79. The van der Waals surface area contributed by atoms with E-state index in [4.69, 9.17) is 5.73 Å². The number of hydrogen-bond acceptors (Lipinski definition) is 8. The zero-order valence-corrected chi connectivity index (χ0v) is 19.1. The van der Waals surface area contributed by atoms with Gasteiger partial charge in [0.25, 0.3) is 0 Å². The number of piperidine rings is 1. The number of allylic oxidation sites excluding steroid dienone is 1. The number of aromatic carboxylic acids is 1. The van der Waals surface area contributed by atoms with Crippen LogP contribution in [-0.2, 0) is 0 Å². The van der Waals surface area contributed by atoms with Crippen molar-refractivity contribution in [2.24, 2.45) is 11.7 Å². The number of thiazole rings is 1. The normalized spacial score (nSPS) is 14.2. The van der Waals surface area contributed by atoms with Crippen LogP contribution in [0.25, 0.3) is 5.70 Å². The van der Waals surface area contributed by atoms with Crippen LogP contribution < -0.4 is 21.3 Å². The molecule has 3 heterocycles. The molecule has 0 atom stereocenters. The standard InChI is InChI=1S/C23H25N5O2S2/c1-14(24)16-7-10-28(11-8-16)20-6-4-3-5-17(20)25-15(2)19-13-32-23(27-19)26-18-9-12-31-21(18)22(29)30/h3-6,9,12-13,16,25H,1-2,7-8,10-11,24H2,(H,26,27)(H,29,30). The number of carbonyl (C=O) groups is 1. The number of aromatic nitrogens is 1. The van der Waals surface area contributed by atoms with Gasteiger partial charge in [-0.05, 0) is 36.4 Å². The van der Waals surface area contributed by atoms with Gasteiger partial charge in [-0.2, -0.15) is 0 Å². The Balaban J connectivity index is 1.44. The minimum absolute atomic E-state index is 0.259. The first-order valence-corrected chi connectivity index (χ1v) is 12.0. The predicted molar refractivity (Wildman–Crippen MR) is 134 cm³/mol. The number of anilines is 4. The van der Waals surface area contributed by atoms with Crippen molar-refractivity contribution in [2.45, 2.75) is 12.8 Å². The van der Waals surface area contributed by atoms with Crippen molar-refractivity contribution in [1.29, 1.82) is 0 Å². The van der Waals surface area contributed by atoms with E-state index in [2.05, 4.69) is 39.7 Å². The number of benzene rings is 1. The van der Waals surface area contributed by atoms with Gasteiger partial charge >= 0.3 is 5.97 Å². The minimum Gasteiger partial charge on any atom is -0.477 e. The molecular formula is C23H25N5O2S2. The summed E-state index contributed by atoms with van der Waals surface area (Å²) in [4.78, 5) is 18.5. The van der Waals surface area contributed by atoms with Gasteiger partial charge in [-0.25, -0.2) is 9.78 Å². The molecule has 4 rings (SSSR count). The predicted octanol–water partition coefficient (Wildman–Crippen LogP) is 5.42. The first kappa shape index (κ1) is 21.9. The average molecular weight is 468 g/mol. The number of carboxylic acids is 1. The molecule has 32 heavy (non-hydrogen) atoms. The zero-order chi connectivity index (χ0) is 22.7. The summed E-state index contributed by atoms with van der Waals surface area (Å²) in [5, 5.41) is 20.0. The molecule has 0 saturated carbocycles. The van der Waals surface area contributed by atoms with Crippen LogP contribution in [0, 0.1) is 5.92 Å². The second-order valence-corrected chi connectivity index (χ2v) is 9.36. The molecule has 1 aliphatic rings. The second-order valence-electron chi connectivity index (χ2n) is 7.59. The van der Waals surface area contributed by atoms with Crippen LogP contribution in [0.3, 0.4) is 0 Å². The lowest BCUT2D eigenvalue weighted by Crippen LogP contribution is -2.35. The topological polar surface area (TPSA) is 104 Å². The van der Waals surface area contributed by atoms with Crippen molar-refractivity contribution in [2.75, 3.05) is 28.6 Å². The van der Waals surface area contributed by atoms with Crippen LogP contribution in [0.4, 0.5) is 22.2 Å². The molecular weight excluding hydrogens is 442 g/mol. The van der Waals surface area contributed by atoms with Gasteiger partial charge in [-0.15, -0.1) is 22.7 Å². The molecule has 1 aliphatic heterocycles. The van der Waals surface area contributed by atoms with Gasteiger partial charge in [0.2, 0.25) is 0 Å². The molecule has 166 valence electrons. The van der Waals surface area contributed by atoms with Crippen LogP contribution in [0.2, 0.25) is 0 Å². The fourth-order valence-corrected chi connectivity index (χ4v) is 5.16. The van der Waals surface area contributed by atoms with Crippen molar-refractivity contribution in [1.82, 2.24) is 4.98 Å². The van der Waals surface area contributed by atoms with Crippen molar-refractivity contribution < 1.29 is 9.90 Å². The fourth-order valence-electron chi connectivity index (χ4n) is 3.73. The summed E-state index contributed by atoms with van der Waals surface area (Å²) in [7, 11) is 0. The fraction of sp³-hybridized carbons (Fsp3) is 0.217. The monoisotopic (exact) mass is 467 g/mol. The number of carboxylic acid groups (broad SMARTS) is 1. The quantitative estimate of drug-likeness (QED) is 0.351. The van der Waals surface area contributed by atoms with Crippen molar-refractivity contribution in [3.8, 4) is 0 Å². The summed E-state index contributed by atoms with van der Waals surface area (Å²) >= 11 is 2.58. The summed E-state index contributed by atoms with van der Waals surface area (Å²) in [6, 6.07) is 9.89. The highest BCUT2D eigenvalue weighted by atomic mass is 32.1. The second kappa shape index (κ2) is 9.46. The maximum Gasteiger partial charge on any atom is 0.348 e. The summed E-state index contributed by atoms with van der Waals surface area (Å²) in [6.45, 7) is 9.91. The Morgan fingerprint density at radius 2 is 1.91 bits per heavy atom. The van der Waals surface area contributed by atoms with Crippen LogP contribution in [0.15, 0.2) is 59.9 Å². The highest BCUT2D eigenvalue weighted by molar-refractivity contribution is 7.14. The average Bonchev–Trinajstić information content (AvgIpc) is 3.44. The molecule has 1 saturated heterocycles. The highest BCUT2D eigenvalue weighted by Gasteiger charge is 2.22. The molecule has 0 bridgehead atoms. The largest absolute Gasteiger partial charge is 0.477 e. The Labute approximate surface area is 194 Å². The van der Waals surface area contributed by atoms with E-state index in [0.29, 0.717) is 28.1 Å². The van der Waals surface area contributed by atoms with Crippen LogP contribution in [0.1, 0.15) is 28.2 Å². The lowest BCUT2D eigenvalue weighted by atomic mass is 9.94. The van der Waals surface area contributed by atoms with E-state index in [9.17, 15) is 9.90 Å². The maximum atomic E-state index is 11.3. The summed E-state index contributed by atoms with van der Waals surface area (Å²) in [5.74, 6) is -0.575. The van der Waals surface area contributed by atoms with Gasteiger partial charge in [-0.3, -0.25) is 0 Å². The minimum atomic E-state index is -0.957. The lowest BCUT2D eigenvalue weighted by Gasteiger charge is -2.34. The van der Waals surface area contributed by atoms with Crippen LogP contribution >= 0.6 is 22.7 Å². The molecule has 2 aromatic heterocycles. The Kier molecular flexibility index (Phi) is 6.48. The Hall–Kier alpha value is -3.30. The van der Waals surface area contributed by atoms with E-state index in [1.165, 1.54) is 22.7 Å². The molecule has 5 N–H and O–H groups in total. The maximum absolute atomic E-state index is 11.3. The molecule has 1 fully saturated rings. The van der Waals surface area contributed by atoms with Crippen molar-refractivity contribution in [3.63, 3.8) is 0 Å². The molecule has 9 heteroatoms. The van der Waals surface area contributed by atoms with Gasteiger partial charge in [0, 0.05) is 30.1 Å². The first-order valence-electron chi connectivity index (χ1n) is 10.2. The molecule has 0 radical (unpaired) electrons. The van der Waals surface area contributed by atoms with E-state index < -0.39 is 5.97 Å². The Morgan fingerprint density at radius 3 is 2.62 bits per heavy atom. The van der Waals surface area contributed by atoms with Crippen LogP contribution in [0.5, 0.6) is 0 Å². The van der Waals surface area contributed by atoms with Crippen LogP contribution in [-0.4, -0.2) is 29.1 Å². The van der Waals surface area contributed by atoms with E-state index >= 15 is 0 Å². The summed E-state index contributed by atoms with van der Waals surface area (Å²) in [5.41, 5.74) is 10.7. The molecule has 1 aromatic carbocycles. The van der Waals surface area contributed by atoms with E-state index in [1.807, 2.05) is 23.6 Å². The van der Waals surface area contributed by atoms with Gasteiger partial charge in [0.1, 0.15) is 4.88 Å². The summed E-state index contributed by atoms with van der Waals surface area (Å²) in [6.07, 6.45) is 1.99. The summed E-state index contributed by atoms with van der Waals surface area (Å²) < 4.78 is 0. The number of nitrogens with zero attached hydrogens (tertiary/aromatic N) is 2. The third-order valence-electron chi connectivity index (χ3n) is 5.46. The number of nitrogens with one attached hydrogen (secondary N) is 2. The molecule has 0 aliphatic carbocycles. The molecule has 0 unspecified atom stereocenters. The number of thiophene rings is 1. The molecule has 3 aromatic rings. The first-order chi connectivity index (χ1) is 15.4. The smallest absolute Gasteiger partial charge is 0.348 e. The van der Waals surface area contributed by atoms with Gasteiger partial charge in [-0.1, -0.05) is 25.3 Å². The molecule has 7 nitrogen and oxygen atoms in total. The van der Waals surface area contributed by atoms with Gasteiger partial charge in [0.15, 0.2) is 5.13 Å². The Morgan fingerprint density at radius 1 is 1.16 bits per heavy atom. The number of para-hydroxylation sites is 2. The molecule has 0 spiro atoms. The lowest BCUT2D eigenvalue weighted by molar-refractivity contribution is 0.0703. The number of nitrogens with two attached hydrogens (primary N) is 1. The Bertz CT molecular complexity index is 1140. The van der Waals surface area contributed by atoms with E-state index in [-0.39, 0.29) is 4.88 Å². The zero-order valence-electron chi connectivity index (χ0n) is 17.5. The van der Waals surface area contributed by atoms with E-state index in [0.717, 1.165) is 43.0 Å². The van der Waals surface area contributed by atoms with Crippen molar-refractivity contribution in [3.05, 3.63) is 70.5 Å².